The van der Waals surface area contributed by atoms with Gasteiger partial charge in [0.1, 0.15) is 0 Å². The van der Waals surface area contributed by atoms with Gasteiger partial charge in [0.2, 0.25) is 5.91 Å². The summed E-state index contributed by atoms with van der Waals surface area (Å²) in [6.45, 7) is 1.94. The van der Waals surface area contributed by atoms with Crippen LogP contribution in [0.2, 0.25) is 0 Å². The van der Waals surface area contributed by atoms with E-state index in [2.05, 4.69) is 15.6 Å². The Labute approximate surface area is 148 Å². The first-order valence-corrected chi connectivity index (χ1v) is 8.15. The zero-order chi connectivity index (χ0) is 16.2. The van der Waals surface area contributed by atoms with Crippen LogP contribution in [0.3, 0.4) is 0 Å². The summed E-state index contributed by atoms with van der Waals surface area (Å²) in [6, 6.07) is 10.3. The maximum absolute atomic E-state index is 12.2. The first-order valence-electron chi connectivity index (χ1n) is 8.15. The van der Waals surface area contributed by atoms with Crippen LogP contribution in [0.15, 0.2) is 30.3 Å². The lowest BCUT2D eigenvalue weighted by atomic mass is 9.92. The van der Waals surface area contributed by atoms with E-state index in [4.69, 9.17) is 5.73 Å². The van der Waals surface area contributed by atoms with Gasteiger partial charge in [0.15, 0.2) is 0 Å². The van der Waals surface area contributed by atoms with Crippen LogP contribution in [0.1, 0.15) is 37.1 Å². The third kappa shape index (κ3) is 4.33. The zero-order valence-electron chi connectivity index (χ0n) is 13.8. The maximum atomic E-state index is 12.2. The third-order valence-corrected chi connectivity index (χ3v) is 4.46. The number of amides is 1. The Kier molecular flexibility index (Phi) is 6.34. The molecule has 2 aromatic rings. The van der Waals surface area contributed by atoms with Gasteiger partial charge in [0.25, 0.3) is 0 Å². The van der Waals surface area contributed by atoms with Gasteiger partial charge in [-0.3, -0.25) is 4.79 Å². The normalized spacial score (nSPS) is 20.2. The van der Waals surface area contributed by atoms with Crippen molar-refractivity contribution in [3.63, 3.8) is 0 Å². The molecule has 1 fully saturated rings. The van der Waals surface area contributed by atoms with Crippen LogP contribution in [0.25, 0.3) is 5.69 Å². The molecule has 6 nitrogen and oxygen atoms in total. The van der Waals surface area contributed by atoms with E-state index in [0.717, 1.165) is 42.8 Å². The molecule has 3 rings (SSSR count). The van der Waals surface area contributed by atoms with Crippen LogP contribution < -0.4 is 11.1 Å². The molecule has 1 aromatic heterocycles. The molecule has 3 N–H and O–H groups in total. The van der Waals surface area contributed by atoms with E-state index in [1.54, 1.807) is 4.68 Å². The lowest BCUT2D eigenvalue weighted by Gasteiger charge is -2.26. The fourth-order valence-electron chi connectivity index (χ4n) is 3.03. The van der Waals surface area contributed by atoms with Gasteiger partial charge in [-0.15, -0.1) is 17.5 Å². The van der Waals surface area contributed by atoms with Crippen LogP contribution in [0.5, 0.6) is 0 Å². The predicted molar refractivity (Wildman–Crippen MR) is 95.4 cm³/mol. The number of halogens is 1. The number of carbonyl (C=O) groups is 1. The fraction of sp³-hybridized carbons (Fsp3) is 0.471. The Morgan fingerprint density at radius 1 is 1.25 bits per heavy atom. The van der Waals surface area contributed by atoms with Gasteiger partial charge >= 0.3 is 0 Å². The van der Waals surface area contributed by atoms with Gasteiger partial charge in [0, 0.05) is 12.1 Å². The molecule has 1 heterocycles. The predicted octanol–water partition coefficient (Wildman–Crippen LogP) is 1.93. The Morgan fingerprint density at radius 3 is 2.58 bits per heavy atom. The molecule has 0 saturated heterocycles. The van der Waals surface area contributed by atoms with Gasteiger partial charge in [-0.1, -0.05) is 23.4 Å². The van der Waals surface area contributed by atoms with Crippen LogP contribution >= 0.6 is 12.4 Å². The number of para-hydroxylation sites is 1. The second-order valence-corrected chi connectivity index (χ2v) is 6.22. The van der Waals surface area contributed by atoms with E-state index in [9.17, 15) is 4.79 Å². The van der Waals surface area contributed by atoms with Crippen molar-refractivity contribution in [1.29, 1.82) is 0 Å². The molecule has 1 aliphatic carbocycles. The summed E-state index contributed by atoms with van der Waals surface area (Å²) in [7, 11) is 0. The lowest BCUT2D eigenvalue weighted by Crippen LogP contribution is -2.41. The number of carbonyl (C=O) groups excluding carboxylic acids is 1. The third-order valence-electron chi connectivity index (χ3n) is 4.46. The largest absolute Gasteiger partial charge is 0.353 e. The zero-order valence-corrected chi connectivity index (χ0v) is 14.6. The number of hydrogen-bond donors (Lipinski definition) is 2. The number of nitrogens with zero attached hydrogens (tertiary/aromatic N) is 3. The van der Waals surface area contributed by atoms with Crippen LogP contribution in [-0.4, -0.2) is 33.0 Å². The minimum absolute atomic E-state index is 0. The Bertz CT molecular complexity index is 665. The minimum Gasteiger partial charge on any atom is -0.353 e. The topological polar surface area (TPSA) is 85.8 Å². The van der Waals surface area contributed by atoms with E-state index >= 15 is 0 Å². The van der Waals surface area contributed by atoms with Gasteiger partial charge in [-0.25, -0.2) is 4.68 Å². The average molecular weight is 350 g/mol. The van der Waals surface area contributed by atoms with E-state index in [1.165, 1.54) is 0 Å². The van der Waals surface area contributed by atoms with Crippen molar-refractivity contribution in [3.05, 3.63) is 41.7 Å². The molecular weight excluding hydrogens is 326 g/mol. The molecular formula is C17H24ClN5O. The highest BCUT2D eigenvalue weighted by Gasteiger charge is 2.21. The molecule has 7 heteroatoms. The molecule has 1 saturated carbocycles. The summed E-state index contributed by atoms with van der Waals surface area (Å²) >= 11 is 0. The molecule has 1 amide bonds. The van der Waals surface area contributed by atoms with Crippen molar-refractivity contribution >= 4 is 18.3 Å². The molecule has 24 heavy (non-hydrogen) atoms. The first-order chi connectivity index (χ1) is 11.1. The summed E-state index contributed by atoms with van der Waals surface area (Å²) in [5, 5.41) is 11.4. The van der Waals surface area contributed by atoms with E-state index in [0.29, 0.717) is 0 Å². The van der Waals surface area contributed by atoms with Crippen molar-refractivity contribution in [1.82, 2.24) is 20.3 Å². The van der Waals surface area contributed by atoms with Crippen LogP contribution in [-0.2, 0) is 11.2 Å². The Balaban J connectivity index is 0.00000208. The molecule has 0 atom stereocenters. The van der Waals surface area contributed by atoms with Gasteiger partial charge in [-0.05, 0) is 44.7 Å². The highest BCUT2D eigenvalue weighted by molar-refractivity contribution is 5.85. The summed E-state index contributed by atoms with van der Waals surface area (Å²) in [5.74, 6) is 0.00804. The number of benzene rings is 1. The number of hydrogen-bond acceptors (Lipinski definition) is 4. The van der Waals surface area contributed by atoms with Gasteiger partial charge < -0.3 is 11.1 Å². The Morgan fingerprint density at radius 2 is 1.92 bits per heavy atom. The summed E-state index contributed by atoms with van der Waals surface area (Å²) < 4.78 is 1.77. The second kappa shape index (κ2) is 8.26. The molecule has 0 spiro atoms. The number of nitrogens with two attached hydrogens (primary N) is 1. The first kappa shape index (κ1) is 18.4. The average Bonchev–Trinajstić information content (AvgIpc) is 2.91. The quantitative estimate of drug-likeness (QED) is 0.883. The van der Waals surface area contributed by atoms with E-state index < -0.39 is 0 Å². The minimum atomic E-state index is 0. The molecule has 0 radical (unpaired) electrons. The standard InChI is InChI=1S/C17H23N5O.ClH/c1-12-16(20-21-22(12)15-5-3-2-4-6-15)11-17(23)19-14-9-7-13(18)8-10-14;/h2-6,13-14H,7-11,18H2,1H3,(H,19,23);1H. The summed E-state index contributed by atoms with van der Waals surface area (Å²) in [5.41, 5.74) is 8.47. The Hall–Kier alpha value is -1.92. The maximum Gasteiger partial charge on any atom is 0.226 e. The van der Waals surface area contributed by atoms with Crippen molar-refractivity contribution in [2.75, 3.05) is 0 Å². The highest BCUT2D eigenvalue weighted by Crippen LogP contribution is 2.17. The van der Waals surface area contributed by atoms with E-state index in [-0.39, 0.29) is 36.8 Å². The van der Waals surface area contributed by atoms with Crippen molar-refractivity contribution in [2.45, 2.75) is 51.1 Å². The van der Waals surface area contributed by atoms with Crippen molar-refractivity contribution < 1.29 is 4.79 Å². The highest BCUT2D eigenvalue weighted by atomic mass is 35.5. The van der Waals surface area contributed by atoms with Crippen molar-refractivity contribution in [3.8, 4) is 5.69 Å². The van der Waals surface area contributed by atoms with Crippen LogP contribution in [0.4, 0.5) is 0 Å². The molecule has 0 unspecified atom stereocenters. The smallest absolute Gasteiger partial charge is 0.226 e. The molecule has 0 bridgehead atoms. The number of nitrogens with one attached hydrogen (secondary N) is 1. The van der Waals surface area contributed by atoms with Gasteiger partial charge in [-0.2, -0.15) is 0 Å². The summed E-state index contributed by atoms with van der Waals surface area (Å²) in [4.78, 5) is 12.2. The fourth-order valence-corrected chi connectivity index (χ4v) is 3.03. The van der Waals surface area contributed by atoms with Crippen molar-refractivity contribution in [2.24, 2.45) is 5.73 Å². The van der Waals surface area contributed by atoms with Gasteiger partial charge in [0.05, 0.1) is 23.5 Å². The molecule has 1 aliphatic rings. The lowest BCUT2D eigenvalue weighted by molar-refractivity contribution is -0.121. The van der Waals surface area contributed by atoms with Crippen LogP contribution in [0, 0.1) is 6.92 Å². The SMILES string of the molecule is Cc1c(CC(=O)NC2CCC(N)CC2)nnn1-c1ccccc1.Cl. The van der Waals surface area contributed by atoms with E-state index in [1.807, 2.05) is 37.3 Å². The summed E-state index contributed by atoms with van der Waals surface area (Å²) in [6.07, 6.45) is 4.15. The molecule has 0 aliphatic heterocycles. The molecule has 1 aromatic carbocycles. The number of rotatable bonds is 4. The second-order valence-electron chi connectivity index (χ2n) is 6.22. The monoisotopic (exact) mass is 349 g/mol. The number of aromatic nitrogens is 3. The molecule has 130 valence electrons.